The smallest absolute Gasteiger partial charge is 0.329 e. The maximum atomic E-state index is 11.8. The largest absolute Gasteiger partial charge is 0.494 e. The Hall–Kier alpha value is -3.15. The molecule has 0 saturated heterocycles. The Morgan fingerprint density at radius 2 is 1.71 bits per heavy atom. The molecule has 0 aromatic heterocycles. The summed E-state index contributed by atoms with van der Waals surface area (Å²) in [6.45, 7) is 4.43. The van der Waals surface area contributed by atoms with Crippen molar-refractivity contribution < 1.29 is 14.3 Å². The number of hydrogen-bond acceptors (Lipinski definition) is 4. The van der Waals surface area contributed by atoms with Crippen LogP contribution in [-0.2, 0) is 9.59 Å². The van der Waals surface area contributed by atoms with Gasteiger partial charge in [0.1, 0.15) is 5.75 Å². The molecule has 2 amide bonds. The van der Waals surface area contributed by atoms with Crippen LogP contribution in [0.4, 0.5) is 5.69 Å². The zero-order valence-corrected chi connectivity index (χ0v) is 13.6. The normalized spacial score (nSPS) is 10.4. The summed E-state index contributed by atoms with van der Waals surface area (Å²) in [5.74, 6) is -0.935. The van der Waals surface area contributed by atoms with Crippen LogP contribution in [0.1, 0.15) is 18.1 Å². The summed E-state index contributed by atoms with van der Waals surface area (Å²) in [5.41, 5.74) is 4.65. The SMILES string of the molecule is CCOc1ccc(NC(=O)C(=O)N/N=C/c2ccc(C)cc2)cc1. The van der Waals surface area contributed by atoms with Gasteiger partial charge in [0, 0.05) is 5.69 Å². The Bertz CT molecular complexity index is 722. The summed E-state index contributed by atoms with van der Waals surface area (Å²) < 4.78 is 5.30. The molecular formula is C18H19N3O3. The molecule has 0 unspecified atom stereocenters. The Labute approximate surface area is 140 Å². The highest BCUT2D eigenvalue weighted by Gasteiger charge is 2.12. The van der Waals surface area contributed by atoms with E-state index in [9.17, 15) is 9.59 Å². The first-order chi connectivity index (χ1) is 11.6. The van der Waals surface area contributed by atoms with Crippen LogP contribution in [0.15, 0.2) is 53.6 Å². The number of ether oxygens (including phenoxy) is 1. The molecule has 24 heavy (non-hydrogen) atoms. The standard InChI is InChI=1S/C18H19N3O3/c1-3-24-16-10-8-15(9-11-16)20-17(22)18(23)21-19-12-14-6-4-13(2)5-7-14/h4-12H,3H2,1-2H3,(H,20,22)(H,21,23)/b19-12+. The average Bonchev–Trinajstić information content (AvgIpc) is 2.58. The van der Waals surface area contributed by atoms with Crippen molar-refractivity contribution in [1.82, 2.24) is 5.43 Å². The molecule has 124 valence electrons. The fraction of sp³-hybridized carbons (Fsp3) is 0.167. The lowest BCUT2D eigenvalue weighted by molar-refractivity contribution is -0.136. The molecule has 2 aromatic carbocycles. The van der Waals surface area contributed by atoms with Gasteiger partial charge in [0.15, 0.2) is 0 Å². The Balaban J connectivity index is 1.85. The zero-order chi connectivity index (χ0) is 17.4. The first-order valence-electron chi connectivity index (χ1n) is 7.52. The number of hydrazone groups is 1. The number of carbonyl (C=O) groups is 2. The van der Waals surface area contributed by atoms with E-state index in [0.29, 0.717) is 18.0 Å². The van der Waals surface area contributed by atoms with Crippen LogP contribution in [0.3, 0.4) is 0 Å². The summed E-state index contributed by atoms with van der Waals surface area (Å²) in [6.07, 6.45) is 1.47. The number of rotatable bonds is 5. The number of nitrogens with zero attached hydrogens (tertiary/aromatic N) is 1. The second-order valence-corrected chi connectivity index (χ2v) is 5.02. The van der Waals surface area contributed by atoms with Gasteiger partial charge in [0.25, 0.3) is 0 Å². The van der Waals surface area contributed by atoms with Gasteiger partial charge in [-0.1, -0.05) is 29.8 Å². The maximum absolute atomic E-state index is 11.8. The summed E-state index contributed by atoms with van der Waals surface area (Å²) >= 11 is 0. The topological polar surface area (TPSA) is 79.8 Å². The minimum absolute atomic E-state index is 0.501. The van der Waals surface area contributed by atoms with Crippen molar-refractivity contribution in [2.24, 2.45) is 5.10 Å². The number of anilines is 1. The van der Waals surface area contributed by atoms with E-state index in [2.05, 4.69) is 15.8 Å². The molecule has 0 aliphatic carbocycles. The van der Waals surface area contributed by atoms with E-state index in [0.717, 1.165) is 11.1 Å². The van der Waals surface area contributed by atoms with Crippen LogP contribution in [-0.4, -0.2) is 24.6 Å². The minimum Gasteiger partial charge on any atom is -0.494 e. The molecule has 0 atom stereocenters. The molecule has 0 saturated carbocycles. The van der Waals surface area contributed by atoms with Gasteiger partial charge >= 0.3 is 11.8 Å². The summed E-state index contributed by atoms with van der Waals surface area (Å²) in [5, 5.41) is 6.25. The molecule has 6 heteroatoms. The molecule has 0 aliphatic heterocycles. The molecule has 0 fully saturated rings. The van der Waals surface area contributed by atoms with E-state index in [1.807, 2.05) is 38.1 Å². The fourth-order valence-corrected chi connectivity index (χ4v) is 1.86. The maximum Gasteiger partial charge on any atom is 0.329 e. The van der Waals surface area contributed by atoms with Crippen LogP contribution < -0.4 is 15.5 Å². The van der Waals surface area contributed by atoms with Crippen LogP contribution in [0.5, 0.6) is 5.75 Å². The molecule has 2 rings (SSSR count). The molecule has 0 heterocycles. The van der Waals surface area contributed by atoms with E-state index < -0.39 is 11.8 Å². The number of nitrogens with one attached hydrogen (secondary N) is 2. The number of aryl methyl sites for hydroxylation is 1. The third kappa shape index (κ3) is 5.24. The van der Waals surface area contributed by atoms with Gasteiger partial charge in [-0.3, -0.25) is 9.59 Å². The van der Waals surface area contributed by atoms with Gasteiger partial charge in [-0.05, 0) is 43.7 Å². The lowest BCUT2D eigenvalue weighted by Gasteiger charge is -2.06. The molecule has 6 nitrogen and oxygen atoms in total. The van der Waals surface area contributed by atoms with Gasteiger partial charge in [-0.15, -0.1) is 0 Å². The average molecular weight is 325 g/mol. The predicted octanol–water partition coefficient (Wildman–Crippen LogP) is 2.48. The molecule has 2 N–H and O–H groups in total. The number of hydrogen-bond donors (Lipinski definition) is 2. The van der Waals surface area contributed by atoms with E-state index in [-0.39, 0.29) is 0 Å². The van der Waals surface area contributed by atoms with Crippen LogP contribution in [0, 0.1) is 6.92 Å². The van der Waals surface area contributed by atoms with Crippen molar-refractivity contribution in [3.8, 4) is 5.75 Å². The molecule has 0 aliphatic rings. The van der Waals surface area contributed by atoms with Crippen molar-refractivity contribution in [2.75, 3.05) is 11.9 Å². The van der Waals surface area contributed by atoms with Gasteiger partial charge in [-0.25, -0.2) is 5.43 Å². The second-order valence-electron chi connectivity index (χ2n) is 5.02. The second kappa shape index (κ2) is 8.47. The fourth-order valence-electron chi connectivity index (χ4n) is 1.86. The molecular weight excluding hydrogens is 306 g/mol. The Morgan fingerprint density at radius 3 is 2.33 bits per heavy atom. The van der Waals surface area contributed by atoms with Crippen molar-refractivity contribution >= 4 is 23.7 Å². The Kier molecular flexibility index (Phi) is 6.08. The highest BCUT2D eigenvalue weighted by atomic mass is 16.5. The van der Waals surface area contributed by atoms with E-state index >= 15 is 0 Å². The third-order valence-electron chi connectivity index (χ3n) is 3.09. The van der Waals surface area contributed by atoms with E-state index in [1.165, 1.54) is 6.21 Å². The third-order valence-corrected chi connectivity index (χ3v) is 3.09. The van der Waals surface area contributed by atoms with E-state index in [1.54, 1.807) is 24.3 Å². The lowest BCUT2D eigenvalue weighted by Crippen LogP contribution is -2.32. The summed E-state index contributed by atoms with van der Waals surface area (Å²) in [4.78, 5) is 23.5. The highest BCUT2D eigenvalue weighted by molar-refractivity contribution is 6.39. The molecule has 0 bridgehead atoms. The van der Waals surface area contributed by atoms with Crippen LogP contribution >= 0.6 is 0 Å². The Morgan fingerprint density at radius 1 is 1.04 bits per heavy atom. The van der Waals surface area contributed by atoms with Gasteiger partial charge in [-0.2, -0.15) is 5.10 Å². The molecule has 0 radical (unpaired) electrons. The predicted molar refractivity (Wildman–Crippen MR) is 93.2 cm³/mol. The summed E-state index contributed by atoms with van der Waals surface area (Å²) in [7, 11) is 0. The molecule has 0 spiro atoms. The van der Waals surface area contributed by atoms with Gasteiger partial charge in [0.05, 0.1) is 12.8 Å². The first kappa shape index (κ1) is 17.2. The zero-order valence-electron chi connectivity index (χ0n) is 13.6. The van der Waals surface area contributed by atoms with E-state index in [4.69, 9.17) is 4.74 Å². The minimum atomic E-state index is -0.841. The van der Waals surface area contributed by atoms with Crippen LogP contribution in [0.2, 0.25) is 0 Å². The van der Waals surface area contributed by atoms with Crippen LogP contribution in [0.25, 0.3) is 0 Å². The highest BCUT2D eigenvalue weighted by Crippen LogP contribution is 2.15. The lowest BCUT2D eigenvalue weighted by atomic mass is 10.2. The number of amides is 2. The monoisotopic (exact) mass is 325 g/mol. The quantitative estimate of drug-likeness (QED) is 0.503. The van der Waals surface area contributed by atoms with Crippen molar-refractivity contribution in [3.63, 3.8) is 0 Å². The van der Waals surface area contributed by atoms with Gasteiger partial charge in [0.2, 0.25) is 0 Å². The van der Waals surface area contributed by atoms with Gasteiger partial charge < -0.3 is 10.1 Å². The molecule has 2 aromatic rings. The summed E-state index contributed by atoms with van der Waals surface area (Å²) in [6, 6.07) is 14.3. The van der Waals surface area contributed by atoms with Crippen molar-refractivity contribution in [2.45, 2.75) is 13.8 Å². The van der Waals surface area contributed by atoms with Crippen molar-refractivity contribution in [1.29, 1.82) is 0 Å². The number of carbonyl (C=O) groups excluding carboxylic acids is 2. The van der Waals surface area contributed by atoms with Crippen molar-refractivity contribution in [3.05, 3.63) is 59.7 Å². The number of benzene rings is 2. The first-order valence-corrected chi connectivity index (χ1v) is 7.52.